The number of fused-ring (bicyclic) bond motifs is 4. The lowest BCUT2D eigenvalue weighted by Gasteiger charge is -2.34. The number of hydrogen-bond donors (Lipinski definition) is 6. The highest BCUT2D eigenvalue weighted by Crippen LogP contribution is 2.44. The summed E-state index contributed by atoms with van der Waals surface area (Å²) in [4.78, 5) is 62.1. The molecule has 68 heavy (non-hydrogen) atoms. The first-order valence-electron chi connectivity index (χ1n) is 22.9. The zero-order chi connectivity index (χ0) is 47.7. The van der Waals surface area contributed by atoms with Crippen LogP contribution in [0, 0.1) is 11.8 Å². The van der Waals surface area contributed by atoms with Gasteiger partial charge < -0.3 is 51.6 Å². The minimum Gasteiger partial charge on any atom is -0.484 e. The van der Waals surface area contributed by atoms with E-state index in [2.05, 4.69) is 40.6 Å². The molecule has 8 heterocycles. The molecule has 0 radical (unpaired) electrons. The molecule has 4 aliphatic heterocycles. The number of benzene rings is 2. The van der Waals surface area contributed by atoms with E-state index in [0.717, 1.165) is 74.4 Å². The van der Waals surface area contributed by atoms with Crippen molar-refractivity contribution in [2.45, 2.75) is 76.4 Å². The largest absolute Gasteiger partial charge is 0.484 e. The van der Waals surface area contributed by atoms with Crippen molar-refractivity contribution in [3.05, 3.63) is 95.8 Å². The van der Waals surface area contributed by atoms with Crippen LogP contribution in [0.4, 0.5) is 22.7 Å². The monoisotopic (exact) mass is 928 g/mol. The molecule has 2 fully saturated rings. The van der Waals surface area contributed by atoms with E-state index in [1.807, 2.05) is 38.1 Å². The molecular weight excluding hydrogens is 873 g/mol. The Balaban J connectivity index is 0.000000170. The van der Waals surface area contributed by atoms with E-state index in [4.69, 9.17) is 20.9 Å². The van der Waals surface area contributed by atoms with Gasteiger partial charge in [-0.15, -0.1) is 0 Å². The zero-order valence-corrected chi connectivity index (χ0v) is 38.1. The van der Waals surface area contributed by atoms with Crippen molar-refractivity contribution in [3.63, 3.8) is 0 Å². The number of amides is 4. The van der Waals surface area contributed by atoms with Gasteiger partial charge in [0.15, 0.2) is 11.3 Å². The summed E-state index contributed by atoms with van der Waals surface area (Å²) in [6, 6.07) is 11.2. The maximum Gasteiger partial charge on any atom is 0.261 e. The fourth-order valence-corrected chi connectivity index (χ4v) is 9.68. The predicted octanol–water partition coefficient (Wildman–Crippen LogP) is 3.52. The summed E-state index contributed by atoms with van der Waals surface area (Å²) in [6.07, 6.45) is 14.9. The second kappa shape index (κ2) is 18.8. The van der Waals surface area contributed by atoms with Gasteiger partial charge in [0.1, 0.15) is 33.8 Å². The Morgan fingerprint density at radius 3 is 1.43 bits per heavy atom. The average Bonchev–Trinajstić information content (AvgIpc) is 4.11. The molecule has 0 spiro atoms. The number of anilines is 4. The van der Waals surface area contributed by atoms with Gasteiger partial charge in [0.05, 0.1) is 48.4 Å². The third-order valence-corrected chi connectivity index (χ3v) is 13.3. The number of nitrogens with zero attached hydrogens (tertiary/aromatic N) is 8. The minimum absolute atomic E-state index is 0.106. The van der Waals surface area contributed by atoms with Crippen molar-refractivity contribution in [2.24, 2.45) is 23.3 Å². The highest BCUT2D eigenvalue weighted by atomic mass is 16.5. The van der Waals surface area contributed by atoms with Crippen molar-refractivity contribution in [1.82, 2.24) is 29.2 Å². The molecule has 8 N–H and O–H groups in total. The van der Waals surface area contributed by atoms with E-state index in [-0.39, 0.29) is 48.7 Å². The lowest BCUT2D eigenvalue weighted by molar-refractivity contribution is -0.119. The molecule has 4 aromatic heterocycles. The number of aliphatic hydroxyl groups is 2. The van der Waals surface area contributed by atoms with Crippen LogP contribution in [0.15, 0.2) is 73.6 Å². The number of nitrogens with two attached hydrogens (primary N) is 2. The molecule has 0 unspecified atom stereocenters. The Hall–Kier alpha value is -7.32. The standard InChI is InChI=1S/2C24H28N6O4/c2*1-24(14-31)12-16-10-18(28-23(33)17-13-27-30-6-2-5-26-22(17)30)19(11-20(16)34-24)29-7-3-15(4-8-29)9-21(25)32/h2*2,5-6,10-11,13,15,31H,3-4,7-9,12,14H2,1H3,(H2,25,32)(H,28,33)/t2*24-/m10/s1. The molecule has 10 rings (SSSR count). The normalized spacial score (nSPS) is 20.2. The molecule has 0 saturated carbocycles. The van der Waals surface area contributed by atoms with Gasteiger partial charge in [-0.2, -0.15) is 10.2 Å². The first-order chi connectivity index (χ1) is 32.7. The number of piperidine rings is 2. The SMILES string of the molecule is C[C@@]1(CO)Cc2cc(NC(=O)c3cnn4cccnc34)c(N3CCC(CC(N)=O)CC3)cc2O1.C[C@]1(CO)Cc2cc(NC(=O)c3cnn4cccnc34)c(N3CCC(CC(N)=O)CC3)cc2O1. The number of aromatic nitrogens is 6. The van der Waals surface area contributed by atoms with Gasteiger partial charge in [0, 0.05) is 99.9 Å². The number of aliphatic hydroxyl groups excluding tert-OH is 2. The molecule has 20 nitrogen and oxygen atoms in total. The molecule has 2 saturated heterocycles. The van der Waals surface area contributed by atoms with Crippen LogP contribution < -0.4 is 41.4 Å². The number of carbonyl (C=O) groups is 4. The van der Waals surface area contributed by atoms with Crippen molar-refractivity contribution < 1.29 is 38.9 Å². The first-order valence-corrected chi connectivity index (χ1v) is 22.9. The molecule has 6 aromatic rings. The Bertz CT molecular complexity index is 2690. The highest BCUT2D eigenvalue weighted by molar-refractivity contribution is 6.10. The van der Waals surface area contributed by atoms with Gasteiger partial charge in [-0.1, -0.05) is 0 Å². The smallest absolute Gasteiger partial charge is 0.261 e. The maximum atomic E-state index is 13.2. The van der Waals surface area contributed by atoms with Gasteiger partial charge >= 0.3 is 0 Å². The Kier molecular flexibility index (Phi) is 12.6. The van der Waals surface area contributed by atoms with Crippen LogP contribution in [0.1, 0.15) is 84.2 Å². The van der Waals surface area contributed by atoms with Gasteiger partial charge in [-0.25, -0.2) is 19.0 Å². The predicted molar refractivity (Wildman–Crippen MR) is 252 cm³/mol. The van der Waals surface area contributed by atoms with Crippen LogP contribution in [0.2, 0.25) is 0 Å². The molecule has 2 atom stereocenters. The van der Waals surface area contributed by atoms with Crippen LogP contribution in [0.5, 0.6) is 11.5 Å². The number of primary amides is 2. The number of hydrogen-bond acceptors (Lipinski definition) is 14. The van der Waals surface area contributed by atoms with E-state index < -0.39 is 11.2 Å². The highest BCUT2D eigenvalue weighted by Gasteiger charge is 2.38. The minimum atomic E-state index is -0.691. The summed E-state index contributed by atoms with van der Waals surface area (Å²) < 4.78 is 15.2. The molecule has 4 amide bonds. The van der Waals surface area contributed by atoms with E-state index >= 15 is 0 Å². The molecular formula is C48H56N12O8. The van der Waals surface area contributed by atoms with Crippen LogP contribution in [-0.2, 0) is 22.4 Å². The van der Waals surface area contributed by atoms with Crippen molar-refractivity contribution >= 4 is 57.7 Å². The van der Waals surface area contributed by atoms with Gasteiger partial charge in [0.25, 0.3) is 11.8 Å². The molecule has 0 bridgehead atoms. The topological polar surface area (TPSA) is 270 Å². The van der Waals surface area contributed by atoms with Crippen LogP contribution >= 0.6 is 0 Å². The lowest BCUT2D eigenvalue weighted by Crippen LogP contribution is -2.35. The molecule has 356 valence electrons. The van der Waals surface area contributed by atoms with Crippen molar-refractivity contribution in [1.29, 1.82) is 0 Å². The van der Waals surface area contributed by atoms with Gasteiger partial charge in [0.2, 0.25) is 11.8 Å². The van der Waals surface area contributed by atoms with Gasteiger partial charge in [-0.05, 0) is 75.6 Å². The second-order valence-corrected chi connectivity index (χ2v) is 18.7. The summed E-state index contributed by atoms with van der Waals surface area (Å²) in [5.41, 5.74) is 16.0. The molecule has 4 aliphatic rings. The van der Waals surface area contributed by atoms with Gasteiger partial charge in [-0.3, -0.25) is 19.2 Å². The fraction of sp³-hybridized carbons (Fsp3) is 0.417. The van der Waals surface area contributed by atoms with Crippen LogP contribution in [0.25, 0.3) is 11.3 Å². The molecule has 20 heteroatoms. The van der Waals surface area contributed by atoms with Crippen LogP contribution in [0.3, 0.4) is 0 Å². The number of carbonyl (C=O) groups excluding carboxylic acids is 4. The van der Waals surface area contributed by atoms with E-state index in [1.54, 1.807) is 46.0 Å². The molecule has 0 aliphatic carbocycles. The number of ether oxygens (including phenoxy) is 2. The summed E-state index contributed by atoms with van der Waals surface area (Å²) >= 11 is 0. The summed E-state index contributed by atoms with van der Waals surface area (Å²) in [7, 11) is 0. The Morgan fingerprint density at radius 2 is 1.06 bits per heavy atom. The van der Waals surface area contributed by atoms with E-state index in [1.165, 1.54) is 12.4 Å². The average molecular weight is 929 g/mol. The second-order valence-electron chi connectivity index (χ2n) is 18.7. The van der Waals surface area contributed by atoms with Crippen molar-refractivity contribution in [3.8, 4) is 11.5 Å². The Labute approximate surface area is 391 Å². The van der Waals surface area contributed by atoms with E-state index in [9.17, 15) is 29.4 Å². The fourth-order valence-electron chi connectivity index (χ4n) is 9.68. The number of nitrogens with one attached hydrogen (secondary N) is 2. The van der Waals surface area contributed by atoms with E-state index in [0.29, 0.717) is 71.0 Å². The third-order valence-electron chi connectivity index (χ3n) is 13.3. The molecule has 2 aromatic carbocycles. The van der Waals surface area contributed by atoms with Crippen molar-refractivity contribution in [2.75, 3.05) is 59.8 Å². The van der Waals surface area contributed by atoms with Crippen LogP contribution in [-0.4, -0.2) is 114 Å². The third kappa shape index (κ3) is 9.59. The summed E-state index contributed by atoms with van der Waals surface area (Å²) in [5, 5.41) is 34.1. The summed E-state index contributed by atoms with van der Waals surface area (Å²) in [6.45, 7) is 6.45. The maximum absolute atomic E-state index is 13.2. The zero-order valence-electron chi connectivity index (χ0n) is 38.1. The lowest BCUT2D eigenvalue weighted by atomic mass is 9.92. The first kappa shape index (κ1) is 45.8. The summed E-state index contributed by atoms with van der Waals surface area (Å²) in [5.74, 6) is 0.790. The Morgan fingerprint density at radius 1 is 0.662 bits per heavy atom. The number of rotatable bonds is 12. The quantitative estimate of drug-likeness (QED) is 0.103.